The summed E-state index contributed by atoms with van der Waals surface area (Å²) < 4.78 is 5.84. The first kappa shape index (κ1) is 20.1. The van der Waals surface area contributed by atoms with Crippen molar-refractivity contribution in [2.45, 2.75) is 27.3 Å². The molecule has 1 amide bonds. The van der Waals surface area contributed by atoms with Crippen LogP contribution in [0.5, 0.6) is 0 Å². The number of hydrogen-bond acceptors (Lipinski definition) is 9. The molecule has 2 aromatic heterocycles. The van der Waals surface area contributed by atoms with Gasteiger partial charge in [-0.3, -0.25) is 9.69 Å². The quantitative estimate of drug-likeness (QED) is 0.426. The summed E-state index contributed by atoms with van der Waals surface area (Å²) in [5, 5.41) is 19.4. The van der Waals surface area contributed by atoms with Gasteiger partial charge >= 0.3 is 0 Å². The van der Waals surface area contributed by atoms with Gasteiger partial charge in [-0.2, -0.15) is 9.78 Å². The third kappa shape index (κ3) is 4.63. The Bertz CT molecular complexity index is 987. The van der Waals surface area contributed by atoms with Crippen LogP contribution in [0.25, 0.3) is 5.82 Å². The summed E-state index contributed by atoms with van der Waals surface area (Å²) in [6, 6.07) is 7.74. The van der Waals surface area contributed by atoms with Gasteiger partial charge in [-0.15, -0.1) is 5.10 Å². The molecular weight excluding hydrogens is 374 g/mol. The smallest absolute Gasteiger partial charge is 0.292 e. The molecule has 11 nitrogen and oxygen atoms in total. The zero-order chi connectivity index (χ0) is 20.8. The second-order valence-corrected chi connectivity index (χ2v) is 6.34. The molecule has 2 heterocycles. The average Bonchev–Trinajstić information content (AvgIpc) is 3.33. The van der Waals surface area contributed by atoms with E-state index < -0.39 is 5.91 Å². The second kappa shape index (κ2) is 9.06. The minimum absolute atomic E-state index is 0.00139. The van der Waals surface area contributed by atoms with Crippen LogP contribution in [-0.4, -0.2) is 55.4 Å². The van der Waals surface area contributed by atoms with Gasteiger partial charge in [-0.1, -0.05) is 48.9 Å². The van der Waals surface area contributed by atoms with Crippen molar-refractivity contribution in [1.82, 2.24) is 35.6 Å². The summed E-state index contributed by atoms with van der Waals surface area (Å²) in [6.07, 6.45) is 1.56. The van der Waals surface area contributed by atoms with Gasteiger partial charge in [0, 0.05) is 6.54 Å². The number of carbonyl (C=O) groups is 1. The van der Waals surface area contributed by atoms with E-state index in [0.717, 1.165) is 24.2 Å². The summed E-state index contributed by atoms with van der Waals surface area (Å²) in [5.41, 5.74) is 10.9. The number of amides is 1. The van der Waals surface area contributed by atoms with Gasteiger partial charge in [0.15, 0.2) is 5.69 Å². The number of hydrazone groups is 1. The zero-order valence-corrected chi connectivity index (χ0v) is 16.5. The molecule has 0 saturated heterocycles. The minimum atomic E-state index is -0.497. The lowest BCUT2D eigenvalue weighted by Crippen LogP contribution is -2.27. The van der Waals surface area contributed by atoms with E-state index >= 15 is 0 Å². The van der Waals surface area contributed by atoms with Crippen molar-refractivity contribution in [2.24, 2.45) is 5.10 Å². The number of anilines is 1. The Morgan fingerprint density at radius 2 is 2.00 bits per heavy atom. The Morgan fingerprint density at radius 1 is 1.28 bits per heavy atom. The molecule has 3 rings (SSSR count). The Labute approximate surface area is 167 Å². The van der Waals surface area contributed by atoms with Crippen LogP contribution in [0.15, 0.2) is 34.0 Å². The SMILES string of the molecule is CCN(CC)Cc1nnn(-c2nonc2N)c1C(=O)N/N=C/c1ccc(C)cc1. The molecule has 0 atom stereocenters. The van der Waals surface area contributed by atoms with Crippen molar-refractivity contribution in [3.05, 3.63) is 46.8 Å². The maximum absolute atomic E-state index is 12.9. The number of nitrogens with one attached hydrogen (secondary N) is 1. The van der Waals surface area contributed by atoms with Gasteiger partial charge < -0.3 is 5.73 Å². The lowest BCUT2D eigenvalue weighted by atomic mass is 10.2. The van der Waals surface area contributed by atoms with Crippen molar-refractivity contribution in [2.75, 3.05) is 18.8 Å². The van der Waals surface area contributed by atoms with Crippen LogP contribution >= 0.6 is 0 Å². The van der Waals surface area contributed by atoms with Gasteiger partial charge in [0.2, 0.25) is 11.6 Å². The van der Waals surface area contributed by atoms with E-state index in [9.17, 15) is 4.79 Å². The first-order chi connectivity index (χ1) is 14.0. The standard InChI is InChI=1S/C18H23N9O2/c1-4-26(5-2)11-14-15(27(25-21-14)17-16(19)23-29-24-17)18(28)22-20-10-13-8-6-12(3)7-9-13/h6-10H,4-5,11H2,1-3H3,(H2,19,23)(H,22,28)/b20-10+. The number of benzene rings is 1. The molecule has 0 saturated carbocycles. The van der Waals surface area contributed by atoms with Crippen LogP contribution in [0.2, 0.25) is 0 Å². The van der Waals surface area contributed by atoms with Crippen LogP contribution < -0.4 is 11.2 Å². The van der Waals surface area contributed by atoms with Crippen LogP contribution in [0.3, 0.4) is 0 Å². The van der Waals surface area contributed by atoms with Crippen molar-refractivity contribution >= 4 is 17.9 Å². The topological polar surface area (TPSA) is 140 Å². The Hall–Kier alpha value is -3.60. The molecule has 0 aliphatic heterocycles. The number of rotatable bonds is 8. The lowest BCUT2D eigenvalue weighted by molar-refractivity contribution is 0.0945. The summed E-state index contributed by atoms with van der Waals surface area (Å²) in [7, 11) is 0. The molecule has 3 aromatic rings. The molecule has 0 aliphatic rings. The van der Waals surface area contributed by atoms with Crippen LogP contribution in [0, 0.1) is 6.92 Å². The minimum Gasteiger partial charge on any atom is -0.378 e. The summed E-state index contributed by atoms with van der Waals surface area (Å²) >= 11 is 0. The highest BCUT2D eigenvalue weighted by molar-refractivity contribution is 5.95. The van der Waals surface area contributed by atoms with Crippen LogP contribution in [-0.2, 0) is 6.54 Å². The number of hydrogen-bond donors (Lipinski definition) is 2. The number of nitrogen functional groups attached to an aromatic ring is 1. The normalized spacial score (nSPS) is 11.4. The summed E-state index contributed by atoms with van der Waals surface area (Å²) in [4.78, 5) is 15.0. The molecule has 29 heavy (non-hydrogen) atoms. The average molecular weight is 397 g/mol. The Morgan fingerprint density at radius 3 is 2.62 bits per heavy atom. The third-order valence-corrected chi connectivity index (χ3v) is 4.38. The molecule has 0 unspecified atom stereocenters. The second-order valence-electron chi connectivity index (χ2n) is 6.34. The van der Waals surface area contributed by atoms with Gasteiger partial charge in [0.1, 0.15) is 5.69 Å². The van der Waals surface area contributed by atoms with E-state index in [1.54, 1.807) is 6.21 Å². The predicted molar refractivity (Wildman–Crippen MR) is 106 cm³/mol. The number of aromatic nitrogens is 5. The van der Waals surface area contributed by atoms with Gasteiger partial charge in [-0.05, 0) is 35.9 Å². The predicted octanol–water partition coefficient (Wildman–Crippen LogP) is 1.15. The molecule has 0 aliphatic carbocycles. The lowest BCUT2D eigenvalue weighted by Gasteiger charge is -2.16. The molecule has 0 spiro atoms. The number of aryl methyl sites for hydroxylation is 1. The molecule has 152 valence electrons. The number of nitrogens with zero attached hydrogens (tertiary/aromatic N) is 7. The maximum atomic E-state index is 12.9. The molecule has 0 fully saturated rings. The van der Waals surface area contributed by atoms with E-state index in [0.29, 0.717) is 12.2 Å². The van der Waals surface area contributed by atoms with Gasteiger partial charge in [0.25, 0.3) is 5.91 Å². The highest BCUT2D eigenvalue weighted by Crippen LogP contribution is 2.17. The van der Waals surface area contributed by atoms with Gasteiger partial charge in [-0.25, -0.2) is 10.1 Å². The molecular formula is C18H23N9O2. The van der Waals surface area contributed by atoms with E-state index in [-0.39, 0.29) is 17.3 Å². The van der Waals surface area contributed by atoms with E-state index in [4.69, 9.17) is 5.73 Å². The summed E-state index contributed by atoms with van der Waals surface area (Å²) in [5.74, 6) is -0.402. The van der Waals surface area contributed by atoms with Crippen molar-refractivity contribution in [1.29, 1.82) is 0 Å². The fourth-order valence-electron chi connectivity index (χ4n) is 2.66. The Kier molecular flexibility index (Phi) is 6.29. The largest absolute Gasteiger partial charge is 0.378 e. The van der Waals surface area contributed by atoms with Crippen molar-refractivity contribution in [3.63, 3.8) is 0 Å². The fraction of sp³-hybridized carbons (Fsp3) is 0.333. The highest BCUT2D eigenvalue weighted by Gasteiger charge is 2.25. The van der Waals surface area contributed by atoms with Crippen molar-refractivity contribution < 1.29 is 9.42 Å². The van der Waals surface area contributed by atoms with Crippen LogP contribution in [0.1, 0.15) is 41.2 Å². The molecule has 1 aromatic carbocycles. The van der Waals surface area contributed by atoms with Crippen molar-refractivity contribution in [3.8, 4) is 5.82 Å². The van der Waals surface area contributed by atoms with E-state index in [2.05, 4.69) is 40.7 Å². The maximum Gasteiger partial charge on any atom is 0.292 e. The van der Waals surface area contributed by atoms with E-state index in [1.165, 1.54) is 4.68 Å². The first-order valence-corrected chi connectivity index (χ1v) is 9.18. The molecule has 3 N–H and O–H groups in total. The molecule has 11 heteroatoms. The monoisotopic (exact) mass is 397 g/mol. The number of carbonyl (C=O) groups excluding carboxylic acids is 1. The third-order valence-electron chi connectivity index (χ3n) is 4.38. The van der Waals surface area contributed by atoms with E-state index in [1.807, 2.05) is 45.0 Å². The highest BCUT2D eigenvalue weighted by atomic mass is 16.6. The van der Waals surface area contributed by atoms with Gasteiger partial charge in [0.05, 0.1) is 6.21 Å². The zero-order valence-electron chi connectivity index (χ0n) is 16.5. The summed E-state index contributed by atoms with van der Waals surface area (Å²) in [6.45, 7) is 8.08. The first-order valence-electron chi connectivity index (χ1n) is 9.18. The molecule has 0 bridgehead atoms. The number of nitrogens with two attached hydrogens (primary N) is 1. The van der Waals surface area contributed by atoms with Crippen LogP contribution in [0.4, 0.5) is 5.82 Å². The molecule has 0 radical (unpaired) electrons. The Balaban J connectivity index is 1.87. The fourth-order valence-corrected chi connectivity index (χ4v) is 2.66.